The Morgan fingerprint density at radius 1 is 1.33 bits per heavy atom. The minimum atomic E-state index is 0.0276. The van der Waals surface area contributed by atoms with Crippen LogP contribution in [0.5, 0.6) is 0 Å². The molecule has 0 unspecified atom stereocenters. The summed E-state index contributed by atoms with van der Waals surface area (Å²) in [5.41, 5.74) is 0. The predicted octanol–water partition coefficient (Wildman–Crippen LogP) is 1.17. The average molecular weight is 272 g/mol. The summed E-state index contributed by atoms with van der Waals surface area (Å²) in [4.78, 5) is 14.6. The number of piperidine rings is 1. The van der Waals surface area contributed by atoms with Crippen molar-refractivity contribution in [1.82, 2.24) is 15.0 Å². The Morgan fingerprint density at radius 2 is 2.06 bits per heavy atom. The van der Waals surface area contributed by atoms with E-state index in [4.69, 9.17) is 16.7 Å². The molecule has 6 nitrogen and oxygen atoms in total. The summed E-state index contributed by atoms with van der Waals surface area (Å²) in [6.07, 6.45) is 2.28. The van der Waals surface area contributed by atoms with Gasteiger partial charge in [0.05, 0.1) is 6.61 Å². The first-order chi connectivity index (χ1) is 8.69. The average Bonchev–Trinajstić information content (AvgIpc) is 2.36. The number of nitrogens with one attached hydrogen (secondary N) is 1. The highest BCUT2D eigenvalue weighted by Crippen LogP contribution is 2.21. The number of anilines is 2. The van der Waals surface area contributed by atoms with Crippen LogP contribution in [0.3, 0.4) is 0 Å². The predicted molar refractivity (Wildman–Crippen MR) is 71.0 cm³/mol. The summed E-state index contributed by atoms with van der Waals surface area (Å²) in [6, 6.07) is 0. The van der Waals surface area contributed by atoms with E-state index in [0.29, 0.717) is 18.4 Å². The van der Waals surface area contributed by atoms with Crippen LogP contribution >= 0.6 is 11.6 Å². The number of rotatable bonds is 4. The summed E-state index contributed by atoms with van der Waals surface area (Å²) in [5, 5.41) is 11.8. The van der Waals surface area contributed by atoms with Gasteiger partial charge in [-0.3, -0.25) is 0 Å². The first-order valence-electron chi connectivity index (χ1n) is 6.20. The highest BCUT2D eigenvalue weighted by Gasteiger charge is 2.19. The molecule has 1 aromatic rings. The Bertz CT molecular complexity index is 395. The minimum Gasteiger partial charge on any atom is -0.395 e. The molecule has 0 bridgehead atoms. The molecule has 1 saturated heterocycles. The maximum absolute atomic E-state index is 8.77. The van der Waals surface area contributed by atoms with Gasteiger partial charge in [-0.2, -0.15) is 15.0 Å². The van der Waals surface area contributed by atoms with Gasteiger partial charge in [0.25, 0.3) is 0 Å². The summed E-state index contributed by atoms with van der Waals surface area (Å²) in [5.74, 6) is 1.78. The molecule has 0 saturated carbocycles. The van der Waals surface area contributed by atoms with Gasteiger partial charge in [0.15, 0.2) is 0 Å². The second kappa shape index (κ2) is 6.15. The number of hydrogen-bond acceptors (Lipinski definition) is 6. The Labute approximate surface area is 111 Å². The molecule has 2 rings (SSSR count). The van der Waals surface area contributed by atoms with Crippen LogP contribution in [0.15, 0.2) is 0 Å². The van der Waals surface area contributed by atoms with E-state index >= 15 is 0 Å². The Kier molecular flexibility index (Phi) is 4.54. The van der Waals surface area contributed by atoms with Crippen molar-refractivity contribution in [3.05, 3.63) is 5.28 Å². The van der Waals surface area contributed by atoms with Crippen LogP contribution in [0, 0.1) is 5.92 Å². The highest BCUT2D eigenvalue weighted by molar-refractivity contribution is 6.28. The minimum absolute atomic E-state index is 0.0276. The standard InChI is InChI=1S/C11H18ClN5O/c1-8-2-5-17(6-3-8)11-15-9(12)14-10(16-11)13-4-7-18/h8,18H,2-7H2,1H3,(H,13,14,15,16). The Morgan fingerprint density at radius 3 is 2.72 bits per heavy atom. The molecule has 2 N–H and O–H groups in total. The molecule has 0 aromatic carbocycles. The third-order valence-electron chi connectivity index (χ3n) is 3.06. The van der Waals surface area contributed by atoms with Gasteiger partial charge >= 0.3 is 0 Å². The first-order valence-corrected chi connectivity index (χ1v) is 6.58. The molecule has 100 valence electrons. The maximum atomic E-state index is 8.77. The Hall–Kier alpha value is -1.14. The van der Waals surface area contributed by atoms with Crippen LogP contribution < -0.4 is 10.2 Å². The lowest BCUT2D eigenvalue weighted by molar-refractivity contribution is 0.310. The maximum Gasteiger partial charge on any atom is 0.231 e. The van der Waals surface area contributed by atoms with Crippen LogP contribution in [0.25, 0.3) is 0 Å². The van der Waals surface area contributed by atoms with Crippen molar-refractivity contribution in [3.63, 3.8) is 0 Å². The molecular formula is C11H18ClN5O. The molecule has 7 heteroatoms. The number of halogens is 1. The van der Waals surface area contributed by atoms with Crippen molar-refractivity contribution < 1.29 is 5.11 Å². The number of aliphatic hydroxyl groups excluding tert-OH is 1. The second-order valence-electron chi connectivity index (χ2n) is 4.55. The van der Waals surface area contributed by atoms with Crippen molar-refractivity contribution in [2.75, 3.05) is 36.5 Å². The summed E-state index contributed by atoms with van der Waals surface area (Å²) in [6.45, 7) is 4.57. The molecule has 0 radical (unpaired) electrons. The van der Waals surface area contributed by atoms with Gasteiger partial charge in [0.1, 0.15) is 0 Å². The molecule has 1 fully saturated rings. The van der Waals surface area contributed by atoms with E-state index < -0.39 is 0 Å². The van der Waals surface area contributed by atoms with Crippen molar-refractivity contribution in [3.8, 4) is 0 Å². The van der Waals surface area contributed by atoms with E-state index in [-0.39, 0.29) is 11.9 Å². The molecule has 1 aromatic heterocycles. The molecule has 0 amide bonds. The van der Waals surface area contributed by atoms with Gasteiger partial charge in [-0.1, -0.05) is 6.92 Å². The largest absolute Gasteiger partial charge is 0.395 e. The normalized spacial score (nSPS) is 16.9. The monoisotopic (exact) mass is 271 g/mol. The third-order valence-corrected chi connectivity index (χ3v) is 3.23. The number of aromatic nitrogens is 3. The van der Waals surface area contributed by atoms with Gasteiger partial charge in [0.2, 0.25) is 17.2 Å². The highest BCUT2D eigenvalue weighted by atomic mass is 35.5. The van der Waals surface area contributed by atoms with E-state index in [9.17, 15) is 0 Å². The lowest BCUT2D eigenvalue weighted by atomic mass is 10.00. The first kappa shape index (κ1) is 13.3. The fourth-order valence-electron chi connectivity index (χ4n) is 1.94. The molecule has 1 aliphatic rings. The van der Waals surface area contributed by atoms with Gasteiger partial charge in [-0.05, 0) is 30.4 Å². The van der Waals surface area contributed by atoms with Crippen molar-refractivity contribution in [1.29, 1.82) is 0 Å². The zero-order valence-corrected chi connectivity index (χ0v) is 11.2. The van der Waals surface area contributed by atoms with Crippen LogP contribution in [0.2, 0.25) is 5.28 Å². The lowest BCUT2D eigenvalue weighted by Crippen LogP contribution is -2.34. The van der Waals surface area contributed by atoms with Crippen molar-refractivity contribution in [2.45, 2.75) is 19.8 Å². The number of hydrogen-bond donors (Lipinski definition) is 2. The van der Waals surface area contributed by atoms with Gasteiger partial charge in [-0.25, -0.2) is 0 Å². The number of aliphatic hydroxyl groups is 1. The van der Waals surface area contributed by atoms with Crippen LogP contribution in [-0.2, 0) is 0 Å². The third kappa shape index (κ3) is 3.43. The zero-order valence-electron chi connectivity index (χ0n) is 10.4. The smallest absolute Gasteiger partial charge is 0.231 e. The topological polar surface area (TPSA) is 74.2 Å². The molecule has 0 aliphatic carbocycles. The van der Waals surface area contributed by atoms with Gasteiger partial charge in [0, 0.05) is 19.6 Å². The van der Waals surface area contributed by atoms with Crippen molar-refractivity contribution >= 4 is 23.5 Å². The summed E-state index contributed by atoms with van der Waals surface area (Å²) >= 11 is 5.89. The second-order valence-corrected chi connectivity index (χ2v) is 4.89. The van der Waals surface area contributed by atoms with E-state index in [0.717, 1.165) is 31.8 Å². The van der Waals surface area contributed by atoms with Crippen LogP contribution in [-0.4, -0.2) is 46.3 Å². The fourth-order valence-corrected chi connectivity index (χ4v) is 2.09. The van der Waals surface area contributed by atoms with Crippen molar-refractivity contribution in [2.24, 2.45) is 5.92 Å². The van der Waals surface area contributed by atoms with Gasteiger partial charge < -0.3 is 15.3 Å². The van der Waals surface area contributed by atoms with Crippen LogP contribution in [0.1, 0.15) is 19.8 Å². The Balaban J connectivity index is 2.09. The lowest BCUT2D eigenvalue weighted by Gasteiger charge is -2.30. The van der Waals surface area contributed by atoms with Crippen LogP contribution in [0.4, 0.5) is 11.9 Å². The molecule has 0 spiro atoms. The molecule has 0 atom stereocenters. The molecule has 2 heterocycles. The van der Waals surface area contributed by atoms with E-state index in [2.05, 4.69) is 32.1 Å². The zero-order chi connectivity index (χ0) is 13.0. The summed E-state index contributed by atoms with van der Waals surface area (Å²) < 4.78 is 0. The molecular weight excluding hydrogens is 254 g/mol. The quantitative estimate of drug-likeness (QED) is 0.856. The van der Waals surface area contributed by atoms with Gasteiger partial charge in [-0.15, -0.1) is 0 Å². The molecule has 18 heavy (non-hydrogen) atoms. The SMILES string of the molecule is CC1CCN(c2nc(Cl)nc(NCCO)n2)CC1. The number of nitrogens with zero attached hydrogens (tertiary/aromatic N) is 4. The van der Waals surface area contributed by atoms with E-state index in [1.165, 1.54) is 0 Å². The fraction of sp³-hybridized carbons (Fsp3) is 0.727. The summed E-state index contributed by atoms with van der Waals surface area (Å²) in [7, 11) is 0. The molecule has 1 aliphatic heterocycles. The van der Waals surface area contributed by atoms with E-state index in [1.807, 2.05) is 0 Å². The van der Waals surface area contributed by atoms with E-state index in [1.54, 1.807) is 0 Å².